The van der Waals surface area contributed by atoms with E-state index in [1.807, 2.05) is 10.9 Å². The summed E-state index contributed by atoms with van der Waals surface area (Å²) >= 11 is 0. The third-order valence-corrected chi connectivity index (χ3v) is 4.01. The fourth-order valence-corrected chi connectivity index (χ4v) is 2.81. The zero-order valence-electron chi connectivity index (χ0n) is 13.1. The molecule has 1 fully saturated rings. The second-order valence-electron chi connectivity index (χ2n) is 5.78. The molecule has 1 heterocycles. The van der Waals surface area contributed by atoms with Gasteiger partial charge in [0.2, 0.25) is 0 Å². The molecule has 2 N–H and O–H groups in total. The van der Waals surface area contributed by atoms with Crippen molar-refractivity contribution in [3.63, 3.8) is 0 Å². The van der Waals surface area contributed by atoms with Crippen LogP contribution in [0.25, 0.3) is 0 Å². The maximum absolute atomic E-state index is 12.2. The van der Waals surface area contributed by atoms with Gasteiger partial charge in [0.1, 0.15) is 5.75 Å². The van der Waals surface area contributed by atoms with E-state index in [2.05, 4.69) is 10.4 Å². The van der Waals surface area contributed by atoms with E-state index in [0.29, 0.717) is 23.2 Å². The van der Waals surface area contributed by atoms with Crippen LogP contribution in [0.2, 0.25) is 0 Å². The van der Waals surface area contributed by atoms with Crippen molar-refractivity contribution in [1.29, 1.82) is 0 Å². The first-order chi connectivity index (χ1) is 11.6. The number of hydrogen-bond acceptors (Lipinski definition) is 4. The van der Waals surface area contributed by atoms with Crippen molar-refractivity contribution in [2.45, 2.75) is 31.7 Å². The van der Waals surface area contributed by atoms with E-state index in [-0.39, 0.29) is 5.91 Å². The Labute approximate surface area is 139 Å². The van der Waals surface area contributed by atoms with E-state index in [0.717, 1.165) is 12.8 Å². The first-order valence-corrected chi connectivity index (χ1v) is 7.93. The Morgan fingerprint density at radius 1 is 1.21 bits per heavy atom. The Balaban J connectivity index is 1.59. The highest BCUT2D eigenvalue weighted by Crippen LogP contribution is 2.28. The molecule has 1 aliphatic rings. The number of carboxylic acids is 1. The maximum atomic E-state index is 12.2. The number of hydrogen-bond donors (Lipinski definition) is 2. The van der Waals surface area contributed by atoms with Crippen LogP contribution >= 0.6 is 0 Å². The van der Waals surface area contributed by atoms with Crippen molar-refractivity contribution in [1.82, 2.24) is 9.78 Å². The van der Waals surface area contributed by atoms with Crippen LogP contribution in [-0.4, -0.2) is 33.4 Å². The molecule has 2 aromatic rings. The molecule has 0 bridgehead atoms. The number of nitrogens with zero attached hydrogens (tertiary/aromatic N) is 2. The average Bonchev–Trinajstić information content (AvgIpc) is 3.25. The lowest BCUT2D eigenvalue weighted by Crippen LogP contribution is -2.14. The molecule has 7 nitrogen and oxygen atoms in total. The van der Waals surface area contributed by atoms with Gasteiger partial charge in [0.15, 0.2) is 12.3 Å². The van der Waals surface area contributed by atoms with Gasteiger partial charge in [-0.25, -0.2) is 4.79 Å². The highest BCUT2D eigenvalue weighted by atomic mass is 16.5. The number of anilines is 1. The Hall–Kier alpha value is -2.83. The second-order valence-corrected chi connectivity index (χ2v) is 5.78. The standard InChI is InChI=1S/C17H19N3O4/c21-16(22)11-24-14-7-5-12(6-8-14)18-17(23)15-9-10-20(19-15)13-3-1-2-4-13/h5-10,13H,1-4,11H2,(H,18,23)(H,21,22). The highest BCUT2D eigenvalue weighted by Gasteiger charge is 2.19. The highest BCUT2D eigenvalue weighted by molar-refractivity contribution is 6.02. The van der Waals surface area contributed by atoms with Gasteiger partial charge < -0.3 is 15.2 Å². The minimum atomic E-state index is -1.04. The normalized spacial score (nSPS) is 14.5. The molecule has 0 atom stereocenters. The summed E-state index contributed by atoms with van der Waals surface area (Å²) in [6.07, 6.45) is 6.50. The molecule has 0 unspecified atom stereocenters. The lowest BCUT2D eigenvalue weighted by molar-refractivity contribution is -0.139. The molecule has 126 valence electrons. The first-order valence-electron chi connectivity index (χ1n) is 7.93. The van der Waals surface area contributed by atoms with Gasteiger partial charge in [0.25, 0.3) is 5.91 Å². The summed E-state index contributed by atoms with van der Waals surface area (Å²) in [5, 5.41) is 15.7. The van der Waals surface area contributed by atoms with E-state index in [1.54, 1.807) is 30.3 Å². The van der Waals surface area contributed by atoms with Crippen LogP contribution in [0.5, 0.6) is 5.75 Å². The summed E-state index contributed by atoms with van der Waals surface area (Å²) in [4.78, 5) is 22.7. The molecular weight excluding hydrogens is 310 g/mol. The van der Waals surface area contributed by atoms with Crippen molar-refractivity contribution >= 4 is 17.6 Å². The summed E-state index contributed by atoms with van der Waals surface area (Å²) in [7, 11) is 0. The van der Waals surface area contributed by atoms with Crippen molar-refractivity contribution in [3.05, 3.63) is 42.2 Å². The molecule has 7 heteroatoms. The number of carbonyl (C=O) groups excluding carboxylic acids is 1. The third-order valence-electron chi connectivity index (χ3n) is 4.01. The summed E-state index contributed by atoms with van der Waals surface area (Å²) < 4.78 is 6.92. The minimum absolute atomic E-state index is 0.272. The number of benzene rings is 1. The molecule has 3 rings (SSSR count). The Kier molecular flexibility index (Phi) is 4.79. The average molecular weight is 329 g/mol. The minimum Gasteiger partial charge on any atom is -0.482 e. The number of rotatable bonds is 6. The van der Waals surface area contributed by atoms with E-state index >= 15 is 0 Å². The SMILES string of the molecule is O=C(O)COc1ccc(NC(=O)c2ccn(C3CCCC3)n2)cc1. The molecule has 0 saturated heterocycles. The molecule has 1 aliphatic carbocycles. The smallest absolute Gasteiger partial charge is 0.341 e. The van der Waals surface area contributed by atoms with Crippen LogP contribution in [0.15, 0.2) is 36.5 Å². The van der Waals surface area contributed by atoms with E-state index in [9.17, 15) is 9.59 Å². The molecule has 0 radical (unpaired) electrons. The predicted octanol–water partition coefficient (Wildman–Crippen LogP) is 2.71. The third kappa shape index (κ3) is 3.92. The molecule has 0 aliphatic heterocycles. The predicted molar refractivity (Wildman–Crippen MR) is 87.3 cm³/mol. The molecule has 1 amide bonds. The van der Waals surface area contributed by atoms with Crippen LogP contribution in [0.1, 0.15) is 42.2 Å². The summed E-state index contributed by atoms with van der Waals surface area (Å²) in [6.45, 7) is -0.399. The van der Waals surface area contributed by atoms with Gasteiger partial charge in [-0.05, 0) is 43.2 Å². The van der Waals surface area contributed by atoms with Crippen LogP contribution in [0.3, 0.4) is 0 Å². The quantitative estimate of drug-likeness (QED) is 0.850. The lowest BCUT2D eigenvalue weighted by atomic mass is 10.3. The molecule has 1 aromatic heterocycles. The summed E-state index contributed by atoms with van der Waals surface area (Å²) in [5.74, 6) is -0.878. The summed E-state index contributed by atoms with van der Waals surface area (Å²) in [5.41, 5.74) is 0.978. The van der Waals surface area contributed by atoms with Crippen molar-refractivity contribution in [2.24, 2.45) is 0 Å². The van der Waals surface area contributed by atoms with Crippen LogP contribution < -0.4 is 10.1 Å². The second kappa shape index (κ2) is 7.16. The lowest BCUT2D eigenvalue weighted by Gasteiger charge is -2.09. The van der Waals surface area contributed by atoms with E-state index < -0.39 is 12.6 Å². The molecule has 0 spiro atoms. The van der Waals surface area contributed by atoms with Gasteiger partial charge in [0, 0.05) is 11.9 Å². The Bertz CT molecular complexity index is 718. The van der Waals surface area contributed by atoms with Gasteiger partial charge in [-0.2, -0.15) is 5.10 Å². The van der Waals surface area contributed by atoms with Gasteiger partial charge in [-0.1, -0.05) is 12.8 Å². The van der Waals surface area contributed by atoms with Crippen LogP contribution in [0, 0.1) is 0 Å². The monoisotopic (exact) mass is 329 g/mol. The van der Waals surface area contributed by atoms with Gasteiger partial charge in [0.05, 0.1) is 6.04 Å². The largest absolute Gasteiger partial charge is 0.482 e. The molecular formula is C17H19N3O4. The Morgan fingerprint density at radius 2 is 1.92 bits per heavy atom. The topological polar surface area (TPSA) is 93.5 Å². The molecule has 24 heavy (non-hydrogen) atoms. The first kappa shape index (κ1) is 16.0. The number of nitrogens with one attached hydrogen (secondary N) is 1. The van der Waals surface area contributed by atoms with Crippen molar-refractivity contribution < 1.29 is 19.4 Å². The summed E-state index contributed by atoms with van der Waals surface area (Å²) in [6, 6.07) is 8.65. The maximum Gasteiger partial charge on any atom is 0.341 e. The number of carboxylic acid groups (broad SMARTS) is 1. The molecule has 1 aromatic carbocycles. The van der Waals surface area contributed by atoms with Gasteiger partial charge >= 0.3 is 5.97 Å². The van der Waals surface area contributed by atoms with Gasteiger partial charge in [-0.15, -0.1) is 0 Å². The number of carbonyl (C=O) groups is 2. The zero-order valence-corrected chi connectivity index (χ0v) is 13.1. The van der Waals surface area contributed by atoms with Crippen molar-refractivity contribution in [2.75, 3.05) is 11.9 Å². The Morgan fingerprint density at radius 3 is 2.58 bits per heavy atom. The zero-order chi connectivity index (χ0) is 16.9. The van der Waals surface area contributed by atoms with Gasteiger partial charge in [-0.3, -0.25) is 9.48 Å². The number of aromatic nitrogens is 2. The van der Waals surface area contributed by atoms with Crippen LogP contribution in [-0.2, 0) is 4.79 Å². The number of aliphatic carboxylic acids is 1. The van der Waals surface area contributed by atoms with Crippen molar-refractivity contribution in [3.8, 4) is 5.75 Å². The number of ether oxygens (including phenoxy) is 1. The molecule has 1 saturated carbocycles. The van der Waals surface area contributed by atoms with E-state index in [1.165, 1.54) is 12.8 Å². The van der Waals surface area contributed by atoms with E-state index in [4.69, 9.17) is 9.84 Å². The fourth-order valence-electron chi connectivity index (χ4n) is 2.81. The van der Waals surface area contributed by atoms with Crippen LogP contribution in [0.4, 0.5) is 5.69 Å². The fraction of sp³-hybridized carbons (Fsp3) is 0.353. The number of amides is 1.